The molecule has 0 fully saturated rings. The Bertz CT molecular complexity index is 503. The highest BCUT2D eigenvalue weighted by Gasteiger charge is 2.17. The zero-order valence-electron chi connectivity index (χ0n) is 9.11. The van der Waals surface area contributed by atoms with E-state index in [1.807, 2.05) is 6.07 Å². The number of hydrogen-bond donors (Lipinski definition) is 1. The van der Waals surface area contributed by atoms with Crippen LogP contribution >= 0.6 is 15.9 Å². The van der Waals surface area contributed by atoms with Crippen LogP contribution in [0.3, 0.4) is 0 Å². The molecular weight excluding hydrogens is 286 g/mol. The minimum atomic E-state index is -1.03. The summed E-state index contributed by atoms with van der Waals surface area (Å²) in [6.45, 7) is 1.67. The summed E-state index contributed by atoms with van der Waals surface area (Å²) in [7, 11) is 0. The second-order valence-corrected chi connectivity index (χ2v) is 4.91. The summed E-state index contributed by atoms with van der Waals surface area (Å²) < 4.78 is 0. The van der Waals surface area contributed by atoms with Gasteiger partial charge in [0, 0.05) is 5.56 Å². The number of carboxylic acids is 1. The highest BCUT2D eigenvalue weighted by molar-refractivity contribution is 9.10. The maximum atomic E-state index is 11.8. The van der Waals surface area contributed by atoms with Gasteiger partial charge in [-0.15, -0.1) is 0 Å². The Balaban J connectivity index is 3.25. The fraction of sp³-hybridized carbons (Fsp3) is 0.250. The number of halogens is 1. The van der Waals surface area contributed by atoms with E-state index in [0.717, 1.165) is 0 Å². The van der Waals surface area contributed by atoms with Gasteiger partial charge in [-0.05, 0) is 30.7 Å². The van der Waals surface area contributed by atoms with Crippen molar-refractivity contribution in [1.82, 2.24) is 0 Å². The second-order valence-electron chi connectivity index (χ2n) is 3.53. The van der Waals surface area contributed by atoms with Crippen molar-refractivity contribution in [2.45, 2.75) is 18.2 Å². The smallest absolute Gasteiger partial charge is 0.307 e. The lowest BCUT2D eigenvalue weighted by Crippen LogP contribution is -2.14. The molecular formula is C12H10BrNO3. The first kappa shape index (κ1) is 13.4. The first-order valence-electron chi connectivity index (χ1n) is 4.88. The first-order valence-corrected chi connectivity index (χ1v) is 5.80. The van der Waals surface area contributed by atoms with E-state index in [-0.39, 0.29) is 17.0 Å². The Labute approximate surface area is 107 Å². The minimum absolute atomic E-state index is 0.189. The summed E-state index contributed by atoms with van der Waals surface area (Å²) in [5, 5.41) is 17.5. The van der Waals surface area contributed by atoms with E-state index in [2.05, 4.69) is 15.9 Å². The summed E-state index contributed by atoms with van der Waals surface area (Å²) in [5.41, 5.74) is 1.06. The van der Waals surface area contributed by atoms with Crippen LogP contribution < -0.4 is 0 Å². The molecule has 4 nitrogen and oxygen atoms in total. The largest absolute Gasteiger partial charge is 0.481 e. The standard InChI is InChI=1S/C12H10BrNO3/c1-7(13)12(17)10-3-2-8(6-14)4-9(10)5-11(15)16/h2-4,7H,5H2,1H3,(H,15,16). The van der Waals surface area contributed by atoms with Crippen molar-refractivity contribution >= 4 is 27.7 Å². The van der Waals surface area contributed by atoms with E-state index in [0.29, 0.717) is 16.7 Å². The van der Waals surface area contributed by atoms with Crippen LogP contribution in [0.15, 0.2) is 18.2 Å². The topological polar surface area (TPSA) is 78.2 Å². The molecule has 0 heterocycles. The van der Waals surface area contributed by atoms with Gasteiger partial charge in [0.15, 0.2) is 5.78 Å². The van der Waals surface area contributed by atoms with Gasteiger partial charge in [0.1, 0.15) is 0 Å². The number of carbonyl (C=O) groups is 2. The molecule has 5 heteroatoms. The van der Waals surface area contributed by atoms with Crippen molar-refractivity contribution in [2.24, 2.45) is 0 Å². The van der Waals surface area contributed by atoms with Crippen molar-refractivity contribution in [3.05, 3.63) is 34.9 Å². The Morgan fingerprint density at radius 1 is 1.53 bits per heavy atom. The number of nitriles is 1. The molecule has 88 valence electrons. The molecule has 1 rings (SSSR count). The van der Waals surface area contributed by atoms with E-state index >= 15 is 0 Å². The SMILES string of the molecule is CC(Br)C(=O)c1ccc(C#N)cc1CC(=O)O. The molecule has 0 saturated heterocycles. The van der Waals surface area contributed by atoms with E-state index in [1.54, 1.807) is 6.92 Å². The number of nitrogens with zero attached hydrogens (tertiary/aromatic N) is 1. The van der Waals surface area contributed by atoms with Gasteiger partial charge < -0.3 is 5.11 Å². The highest BCUT2D eigenvalue weighted by atomic mass is 79.9. The molecule has 1 aromatic carbocycles. The van der Waals surface area contributed by atoms with Gasteiger partial charge in [0.25, 0.3) is 0 Å². The number of benzene rings is 1. The Morgan fingerprint density at radius 3 is 2.65 bits per heavy atom. The molecule has 0 saturated carbocycles. The second kappa shape index (κ2) is 5.60. The highest BCUT2D eigenvalue weighted by Crippen LogP contribution is 2.17. The Kier molecular flexibility index (Phi) is 4.41. The van der Waals surface area contributed by atoms with Gasteiger partial charge >= 0.3 is 5.97 Å². The van der Waals surface area contributed by atoms with Crippen LogP contribution in [0.2, 0.25) is 0 Å². The zero-order chi connectivity index (χ0) is 13.0. The van der Waals surface area contributed by atoms with E-state index in [9.17, 15) is 9.59 Å². The summed E-state index contributed by atoms with van der Waals surface area (Å²) >= 11 is 3.15. The van der Waals surface area contributed by atoms with Gasteiger partial charge in [-0.1, -0.05) is 15.9 Å². The van der Waals surface area contributed by atoms with Crippen LogP contribution in [0.1, 0.15) is 28.4 Å². The summed E-state index contributed by atoms with van der Waals surface area (Å²) in [6.07, 6.45) is -0.268. The van der Waals surface area contributed by atoms with Crippen LogP contribution in [0.25, 0.3) is 0 Å². The van der Waals surface area contributed by atoms with Crippen molar-refractivity contribution < 1.29 is 14.7 Å². The zero-order valence-corrected chi connectivity index (χ0v) is 10.7. The van der Waals surface area contributed by atoms with Crippen LogP contribution in [-0.4, -0.2) is 21.7 Å². The number of ketones is 1. The lowest BCUT2D eigenvalue weighted by Gasteiger charge is -2.08. The van der Waals surface area contributed by atoms with Gasteiger partial charge in [0.2, 0.25) is 0 Å². The fourth-order valence-electron chi connectivity index (χ4n) is 1.43. The number of rotatable bonds is 4. The average molecular weight is 296 g/mol. The molecule has 17 heavy (non-hydrogen) atoms. The maximum Gasteiger partial charge on any atom is 0.307 e. The average Bonchev–Trinajstić information content (AvgIpc) is 2.27. The van der Waals surface area contributed by atoms with Crippen LogP contribution in [0.4, 0.5) is 0 Å². The summed E-state index contributed by atoms with van der Waals surface area (Å²) in [6, 6.07) is 6.37. The van der Waals surface area contributed by atoms with Crippen molar-refractivity contribution in [3.8, 4) is 6.07 Å². The molecule has 0 bridgehead atoms. The number of alkyl halides is 1. The summed E-state index contributed by atoms with van der Waals surface area (Å²) in [4.78, 5) is 22.1. The molecule has 1 N–H and O–H groups in total. The normalized spacial score (nSPS) is 11.6. The van der Waals surface area contributed by atoms with Crippen LogP contribution in [-0.2, 0) is 11.2 Å². The van der Waals surface area contributed by atoms with E-state index < -0.39 is 5.97 Å². The van der Waals surface area contributed by atoms with E-state index in [4.69, 9.17) is 10.4 Å². The molecule has 0 aliphatic carbocycles. The van der Waals surface area contributed by atoms with Gasteiger partial charge in [-0.2, -0.15) is 5.26 Å². The lowest BCUT2D eigenvalue weighted by molar-refractivity contribution is -0.136. The van der Waals surface area contributed by atoms with Gasteiger partial charge in [-0.25, -0.2) is 0 Å². The predicted octanol–water partition coefficient (Wildman–Crippen LogP) is 2.15. The third-order valence-electron chi connectivity index (χ3n) is 2.20. The minimum Gasteiger partial charge on any atom is -0.481 e. The fourth-order valence-corrected chi connectivity index (χ4v) is 1.67. The quantitative estimate of drug-likeness (QED) is 0.682. The van der Waals surface area contributed by atoms with E-state index in [1.165, 1.54) is 18.2 Å². The molecule has 1 unspecified atom stereocenters. The molecule has 0 aromatic heterocycles. The lowest BCUT2D eigenvalue weighted by atomic mass is 9.97. The monoisotopic (exact) mass is 295 g/mol. The Hall–Kier alpha value is -1.67. The number of carbonyl (C=O) groups excluding carboxylic acids is 1. The third-order valence-corrected chi connectivity index (χ3v) is 2.62. The van der Waals surface area contributed by atoms with Gasteiger partial charge in [0.05, 0.1) is 22.9 Å². The molecule has 0 amide bonds. The molecule has 0 aliphatic heterocycles. The molecule has 1 aromatic rings. The predicted molar refractivity (Wildman–Crippen MR) is 65.2 cm³/mol. The van der Waals surface area contributed by atoms with Gasteiger partial charge in [-0.3, -0.25) is 9.59 Å². The number of aliphatic carboxylic acids is 1. The molecule has 0 spiro atoms. The van der Waals surface area contributed by atoms with Crippen molar-refractivity contribution in [1.29, 1.82) is 5.26 Å². The van der Waals surface area contributed by atoms with Crippen LogP contribution in [0.5, 0.6) is 0 Å². The molecule has 0 aliphatic rings. The first-order chi connectivity index (χ1) is 7.95. The van der Waals surface area contributed by atoms with Crippen molar-refractivity contribution in [3.63, 3.8) is 0 Å². The van der Waals surface area contributed by atoms with Crippen LogP contribution in [0, 0.1) is 11.3 Å². The summed E-state index contributed by atoms with van der Waals surface area (Å²) in [5.74, 6) is -1.22. The number of carboxylic acid groups (broad SMARTS) is 1. The maximum absolute atomic E-state index is 11.8. The molecule has 0 radical (unpaired) electrons. The number of hydrogen-bond acceptors (Lipinski definition) is 3. The molecule has 1 atom stereocenters. The Morgan fingerprint density at radius 2 is 2.18 bits per heavy atom. The third kappa shape index (κ3) is 3.40. The van der Waals surface area contributed by atoms with Crippen molar-refractivity contribution in [2.75, 3.05) is 0 Å². The number of Topliss-reactive ketones (excluding diaryl/α,β-unsaturated/α-hetero) is 1.